The van der Waals surface area contributed by atoms with Gasteiger partial charge in [-0.2, -0.15) is 0 Å². The van der Waals surface area contributed by atoms with E-state index in [4.69, 9.17) is 14.2 Å². The number of nitrogens with zero attached hydrogens (tertiary/aromatic N) is 2. The molecule has 3 aromatic rings. The summed E-state index contributed by atoms with van der Waals surface area (Å²) < 4.78 is 15.6. The number of nitrogens with one attached hydrogen (secondary N) is 1. The van der Waals surface area contributed by atoms with E-state index in [1.165, 1.54) is 35.9 Å². The molecule has 2 heterocycles. The number of esters is 1. The van der Waals surface area contributed by atoms with Gasteiger partial charge in [-0.3, -0.25) is 15.1 Å². The molecule has 9 heteroatoms. The molecule has 144 valence electrons. The van der Waals surface area contributed by atoms with Gasteiger partial charge < -0.3 is 14.2 Å². The van der Waals surface area contributed by atoms with Gasteiger partial charge in [0.25, 0.3) is 5.91 Å². The number of anilines is 1. The van der Waals surface area contributed by atoms with Crippen LogP contribution in [0.5, 0.6) is 11.5 Å². The third-order valence-corrected chi connectivity index (χ3v) is 4.44. The fraction of sp³-hybridized carbons (Fsp3) is 0.158. The van der Waals surface area contributed by atoms with Gasteiger partial charge in [0.1, 0.15) is 11.5 Å². The third-order valence-electron chi connectivity index (χ3n) is 3.68. The molecule has 0 aliphatic carbocycles. The highest BCUT2D eigenvalue weighted by atomic mass is 32.1. The number of ether oxygens (including phenoxy) is 3. The highest BCUT2D eigenvalue weighted by molar-refractivity contribution is 7.14. The molecule has 2 aromatic heterocycles. The van der Waals surface area contributed by atoms with Gasteiger partial charge in [-0.05, 0) is 30.3 Å². The molecule has 0 radical (unpaired) electrons. The van der Waals surface area contributed by atoms with Crippen molar-refractivity contribution in [1.82, 2.24) is 9.97 Å². The lowest BCUT2D eigenvalue weighted by atomic mass is 10.1. The van der Waals surface area contributed by atoms with Gasteiger partial charge in [0.05, 0.1) is 25.5 Å². The van der Waals surface area contributed by atoms with E-state index in [-0.39, 0.29) is 0 Å². The Balaban J connectivity index is 1.63. The number of carbonyl (C=O) groups excluding carboxylic acids is 2. The van der Waals surface area contributed by atoms with Crippen LogP contribution in [0.3, 0.4) is 0 Å². The smallest absolute Gasteiger partial charge is 0.338 e. The first-order chi connectivity index (χ1) is 13.6. The number of hydrogen-bond donors (Lipinski definition) is 1. The highest BCUT2D eigenvalue weighted by Gasteiger charge is 2.14. The Bertz CT molecular complexity index is 975. The number of rotatable bonds is 7. The number of methoxy groups -OCH3 is 2. The molecule has 28 heavy (non-hydrogen) atoms. The summed E-state index contributed by atoms with van der Waals surface area (Å²) in [5.41, 5.74) is 1.69. The molecule has 0 fully saturated rings. The minimum atomic E-state index is -0.599. The van der Waals surface area contributed by atoms with Gasteiger partial charge >= 0.3 is 5.97 Å². The summed E-state index contributed by atoms with van der Waals surface area (Å²) >= 11 is 1.25. The highest BCUT2D eigenvalue weighted by Crippen LogP contribution is 2.34. The van der Waals surface area contributed by atoms with Crippen molar-refractivity contribution in [1.29, 1.82) is 0 Å². The van der Waals surface area contributed by atoms with E-state index in [0.29, 0.717) is 27.9 Å². The Hall–Kier alpha value is -3.46. The van der Waals surface area contributed by atoms with Crippen molar-refractivity contribution in [2.24, 2.45) is 0 Å². The first kappa shape index (κ1) is 19.3. The Morgan fingerprint density at radius 3 is 2.61 bits per heavy atom. The maximum Gasteiger partial charge on any atom is 0.338 e. The Morgan fingerprint density at radius 1 is 1.11 bits per heavy atom. The largest absolute Gasteiger partial charge is 0.497 e. The van der Waals surface area contributed by atoms with Crippen LogP contribution in [0.4, 0.5) is 5.13 Å². The second-order valence-corrected chi connectivity index (χ2v) is 6.32. The van der Waals surface area contributed by atoms with Gasteiger partial charge in [-0.15, -0.1) is 11.3 Å². The summed E-state index contributed by atoms with van der Waals surface area (Å²) in [6.07, 6.45) is 2.95. The molecule has 0 unspecified atom stereocenters. The molecule has 3 rings (SSSR count). The van der Waals surface area contributed by atoms with E-state index in [1.54, 1.807) is 37.8 Å². The van der Waals surface area contributed by atoms with Crippen LogP contribution in [-0.2, 0) is 9.53 Å². The van der Waals surface area contributed by atoms with E-state index in [0.717, 1.165) is 5.56 Å². The summed E-state index contributed by atoms with van der Waals surface area (Å²) in [5, 5.41) is 4.78. The zero-order valence-electron chi connectivity index (χ0n) is 15.2. The van der Waals surface area contributed by atoms with E-state index in [2.05, 4.69) is 15.3 Å². The fourth-order valence-corrected chi connectivity index (χ4v) is 3.05. The molecule has 0 spiro atoms. The molecular weight excluding hydrogens is 382 g/mol. The average Bonchev–Trinajstić information content (AvgIpc) is 3.20. The maximum atomic E-state index is 12.0. The minimum absolute atomic E-state index is 0.324. The fourth-order valence-electron chi connectivity index (χ4n) is 2.33. The van der Waals surface area contributed by atoms with Crippen LogP contribution in [0.15, 0.2) is 48.1 Å². The molecule has 1 amide bonds. The van der Waals surface area contributed by atoms with Crippen LogP contribution in [0.1, 0.15) is 10.4 Å². The molecule has 1 N–H and O–H groups in total. The molecule has 1 aromatic carbocycles. The topological polar surface area (TPSA) is 99.6 Å². The van der Waals surface area contributed by atoms with Crippen LogP contribution in [-0.4, -0.2) is 42.7 Å². The zero-order valence-corrected chi connectivity index (χ0v) is 16.0. The molecule has 0 saturated carbocycles. The van der Waals surface area contributed by atoms with Crippen molar-refractivity contribution in [3.63, 3.8) is 0 Å². The molecule has 0 aliphatic heterocycles. The Kier molecular flexibility index (Phi) is 6.18. The lowest BCUT2D eigenvalue weighted by Gasteiger charge is -2.08. The average molecular weight is 399 g/mol. The van der Waals surface area contributed by atoms with Crippen LogP contribution < -0.4 is 14.8 Å². The number of pyridine rings is 1. The molecule has 0 bridgehead atoms. The Labute approximate surface area is 165 Å². The van der Waals surface area contributed by atoms with Gasteiger partial charge in [-0.25, -0.2) is 9.78 Å². The van der Waals surface area contributed by atoms with E-state index >= 15 is 0 Å². The first-order valence-corrected chi connectivity index (χ1v) is 9.03. The van der Waals surface area contributed by atoms with Crippen LogP contribution in [0.2, 0.25) is 0 Å². The van der Waals surface area contributed by atoms with Crippen LogP contribution in [0.25, 0.3) is 11.3 Å². The summed E-state index contributed by atoms with van der Waals surface area (Å²) in [6, 6.07) is 8.39. The maximum absolute atomic E-state index is 12.0. The minimum Gasteiger partial charge on any atom is -0.497 e. The molecule has 8 nitrogen and oxygen atoms in total. The number of thiazole rings is 1. The van der Waals surface area contributed by atoms with Gasteiger partial charge in [0.15, 0.2) is 11.7 Å². The molecular formula is C19H17N3O5S. The first-order valence-electron chi connectivity index (χ1n) is 8.15. The lowest BCUT2D eigenvalue weighted by Crippen LogP contribution is -2.20. The second kappa shape index (κ2) is 8.96. The number of carbonyl (C=O) groups is 2. The number of aromatic nitrogens is 2. The Morgan fingerprint density at radius 2 is 1.89 bits per heavy atom. The van der Waals surface area contributed by atoms with Gasteiger partial charge in [0.2, 0.25) is 0 Å². The van der Waals surface area contributed by atoms with Crippen molar-refractivity contribution >= 4 is 28.3 Å². The normalized spacial score (nSPS) is 10.2. The predicted molar refractivity (Wildman–Crippen MR) is 104 cm³/mol. The van der Waals surface area contributed by atoms with Gasteiger partial charge in [-0.1, -0.05) is 0 Å². The van der Waals surface area contributed by atoms with Crippen LogP contribution >= 0.6 is 11.3 Å². The molecule has 0 saturated heterocycles. The van der Waals surface area contributed by atoms with E-state index in [1.807, 2.05) is 0 Å². The quantitative estimate of drug-likeness (QED) is 0.610. The standard InChI is InChI=1S/C19H17N3O5S/c1-25-13-3-4-16(26-2)14(9-13)15-11-28-19(21-15)22-17(23)10-27-18(24)12-5-7-20-8-6-12/h3-9,11H,10H2,1-2H3,(H,21,22,23). The number of amides is 1. The van der Waals surface area contributed by atoms with E-state index < -0.39 is 18.5 Å². The summed E-state index contributed by atoms with van der Waals surface area (Å²) in [5.74, 6) is 0.215. The van der Waals surface area contributed by atoms with Crippen molar-refractivity contribution in [2.75, 3.05) is 26.1 Å². The van der Waals surface area contributed by atoms with Crippen molar-refractivity contribution < 1.29 is 23.8 Å². The summed E-state index contributed by atoms with van der Waals surface area (Å²) in [6.45, 7) is -0.418. The van der Waals surface area contributed by atoms with Crippen LogP contribution in [0, 0.1) is 0 Å². The van der Waals surface area contributed by atoms with Crippen molar-refractivity contribution in [3.05, 3.63) is 53.7 Å². The zero-order chi connectivity index (χ0) is 19.9. The SMILES string of the molecule is COc1ccc(OC)c(-c2csc(NC(=O)COC(=O)c3ccncc3)n2)c1. The lowest BCUT2D eigenvalue weighted by molar-refractivity contribution is -0.119. The molecule has 0 atom stereocenters. The third kappa shape index (κ3) is 4.63. The van der Waals surface area contributed by atoms with Crippen molar-refractivity contribution in [3.8, 4) is 22.8 Å². The monoisotopic (exact) mass is 399 g/mol. The number of hydrogen-bond acceptors (Lipinski definition) is 8. The summed E-state index contributed by atoms with van der Waals surface area (Å²) in [7, 11) is 3.14. The predicted octanol–water partition coefficient (Wildman–Crippen LogP) is 3.02. The summed E-state index contributed by atoms with van der Waals surface area (Å²) in [4.78, 5) is 32.1. The second-order valence-electron chi connectivity index (χ2n) is 5.46. The van der Waals surface area contributed by atoms with Gasteiger partial charge in [0, 0.05) is 23.3 Å². The number of benzene rings is 1. The van der Waals surface area contributed by atoms with Crippen molar-refractivity contribution in [2.45, 2.75) is 0 Å². The van der Waals surface area contributed by atoms with E-state index in [9.17, 15) is 9.59 Å². The molecule has 0 aliphatic rings.